The predicted octanol–water partition coefficient (Wildman–Crippen LogP) is 1.65. The van der Waals surface area contributed by atoms with E-state index in [0.29, 0.717) is 38.4 Å². The van der Waals surface area contributed by atoms with Crippen LogP contribution in [-0.4, -0.2) is 55.2 Å². The smallest absolute Gasteiger partial charge is 0.219 e. The average molecular weight is 414 g/mol. The average Bonchev–Trinajstić information content (AvgIpc) is 3.24. The number of aliphatic imine (C=N–C) groups is 1. The highest BCUT2D eigenvalue weighted by Gasteiger charge is 2.26. The van der Waals surface area contributed by atoms with E-state index in [4.69, 9.17) is 21.6 Å². The highest BCUT2D eigenvalue weighted by atomic mass is 19.1. The molecule has 1 aromatic rings. The maximum absolute atomic E-state index is 14.2. The Morgan fingerprint density at radius 2 is 2.27 bits per heavy atom. The fourth-order valence-electron chi connectivity index (χ4n) is 3.55. The number of nitrogens with zero attached hydrogens (tertiary/aromatic N) is 2. The first-order chi connectivity index (χ1) is 14.4. The molecule has 0 aromatic heterocycles. The monoisotopic (exact) mass is 414 g/mol. The Labute approximate surface area is 175 Å². The number of carbonyl (C=O) groups excluding carboxylic acids is 1. The van der Waals surface area contributed by atoms with Gasteiger partial charge in [-0.2, -0.15) is 0 Å². The summed E-state index contributed by atoms with van der Waals surface area (Å²) in [5.74, 6) is -0.277. The largest absolute Gasteiger partial charge is 0.404 e. The van der Waals surface area contributed by atoms with Crippen LogP contribution in [0.3, 0.4) is 0 Å². The summed E-state index contributed by atoms with van der Waals surface area (Å²) in [5.41, 5.74) is 14.4. The number of halogens is 1. The van der Waals surface area contributed by atoms with Crippen molar-refractivity contribution in [2.75, 3.05) is 26.3 Å². The fourth-order valence-corrected chi connectivity index (χ4v) is 3.55. The number of hydrogen-bond donors (Lipinski definition) is 4. The number of amides is 1. The zero-order valence-electron chi connectivity index (χ0n) is 17.0. The Kier molecular flexibility index (Phi) is 6.83. The van der Waals surface area contributed by atoms with Crippen LogP contribution in [0.25, 0.3) is 5.57 Å². The number of nitrogens with one attached hydrogen (secondary N) is 2. The van der Waals surface area contributed by atoms with Gasteiger partial charge in [0.2, 0.25) is 5.91 Å². The lowest BCUT2D eigenvalue weighted by Gasteiger charge is -2.31. The third kappa shape index (κ3) is 4.85. The van der Waals surface area contributed by atoms with Gasteiger partial charge >= 0.3 is 0 Å². The van der Waals surface area contributed by atoms with Crippen molar-refractivity contribution in [3.63, 3.8) is 0 Å². The van der Waals surface area contributed by atoms with Gasteiger partial charge in [0.1, 0.15) is 11.7 Å². The molecule has 1 atom stereocenters. The van der Waals surface area contributed by atoms with Gasteiger partial charge in [0, 0.05) is 61.3 Å². The molecular formula is C21H27FN6O2. The van der Waals surface area contributed by atoms with Gasteiger partial charge in [0.15, 0.2) is 0 Å². The first-order valence-corrected chi connectivity index (χ1v) is 9.81. The van der Waals surface area contributed by atoms with Gasteiger partial charge in [0.05, 0.1) is 24.9 Å². The minimum atomic E-state index is -0.504. The summed E-state index contributed by atoms with van der Waals surface area (Å²) in [6.45, 7) is 3.82. The topological polar surface area (TPSA) is 130 Å². The fraction of sp³-hybridized carbons (Fsp3) is 0.381. The summed E-state index contributed by atoms with van der Waals surface area (Å²) in [4.78, 5) is 18.1. The Hall–Kier alpha value is -3.20. The minimum Gasteiger partial charge on any atom is -0.404 e. The lowest BCUT2D eigenvalue weighted by atomic mass is 10.0. The van der Waals surface area contributed by atoms with E-state index in [1.807, 2.05) is 0 Å². The molecule has 1 saturated heterocycles. The van der Waals surface area contributed by atoms with Gasteiger partial charge in [0.25, 0.3) is 0 Å². The maximum atomic E-state index is 14.2. The number of hydrogen-bond acceptors (Lipinski definition) is 6. The lowest BCUT2D eigenvalue weighted by molar-refractivity contribution is -0.128. The summed E-state index contributed by atoms with van der Waals surface area (Å²) in [7, 11) is 0. The van der Waals surface area contributed by atoms with Crippen molar-refractivity contribution in [3.05, 3.63) is 47.0 Å². The molecule has 160 valence electrons. The molecule has 0 saturated carbocycles. The van der Waals surface area contributed by atoms with Crippen LogP contribution < -0.4 is 16.8 Å². The summed E-state index contributed by atoms with van der Waals surface area (Å²) in [6, 6.07) is 4.47. The molecule has 6 N–H and O–H groups in total. The molecule has 1 amide bonds. The van der Waals surface area contributed by atoms with Crippen molar-refractivity contribution < 1.29 is 13.9 Å². The van der Waals surface area contributed by atoms with Crippen LogP contribution >= 0.6 is 0 Å². The maximum Gasteiger partial charge on any atom is 0.219 e. The van der Waals surface area contributed by atoms with Gasteiger partial charge in [-0.15, -0.1) is 0 Å². The highest BCUT2D eigenvalue weighted by Crippen LogP contribution is 2.25. The van der Waals surface area contributed by atoms with Crippen molar-refractivity contribution in [2.45, 2.75) is 25.8 Å². The summed E-state index contributed by atoms with van der Waals surface area (Å²) in [5, 5.41) is 10.9. The third-order valence-corrected chi connectivity index (χ3v) is 5.25. The predicted molar refractivity (Wildman–Crippen MR) is 115 cm³/mol. The molecule has 9 heteroatoms. The van der Waals surface area contributed by atoms with Crippen LogP contribution in [0.4, 0.5) is 10.1 Å². The SMILES string of the molecule is CC(=O)N1CCC(NC2CCOC2)=C(C(N)=Nc2ccc(F)c(/C(C=N)=C/N)c2)C1. The quantitative estimate of drug-likeness (QED) is 0.415. The second-order valence-electron chi connectivity index (χ2n) is 7.28. The first-order valence-electron chi connectivity index (χ1n) is 9.81. The Bertz CT molecular complexity index is 918. The molecule has 1 unspecified atom stereocenters. The van der Waals surface area contributed by atoms with E-state index in [9.17, 15) is 9.18 Å². The van der Waals surface area contributed by atoms with Crippen LogP contribution in [-0.2, 0) is 9.53 Å². The number of rotatable bonds is 6. The van der Waals surface area contributed by atoms with Crippen molar-refractivity contribution >= 4 is 29.2 Å². The Balaban J connectivity index is 1.95. The van der Waals surface area contributed by atoms with Crippen LogP contribution in [0.1, 0.15) is 25.3 Å². The van der Waals surface area contributed by atoms with E-state index in [0.717, 1.165) is 23.9 Å². The molecule has 0 bridgehead atoms. The first kappa shape index (κ1) is 21.5. The molecule has 2 aliphatic heterocycles. The zero-order valence-corrected chi connectivity index (χ0v) is 17.0. The van der Waals surface area contributed by atoms with Crippen LogP contribution in [0.5, 0.6) is 0 Å². The second-order valence-corrected chi connectivity index (χ2v) is 7.28. The minimum absolute atomic E-state index is 0.0312. The van der Waals surface area contributed by atoms with Crippen molar-refractivity contribution in [2.24, 2.45) is 16.5 Å². The van der Waals surface area contributed by atoms with Gasteiger partial charge in [-0.05, 0) is 24.6 Å². The second kappa shape index (κ2) is 9.53. The van der Waals surface area contributed by atoms with Gasteiger partial charge < -0.3 is 31.8 Å². The molecule has 3 rings (SSSR count). The molecule has 2 aliphatic rings. The Morgan fingerprint density at radius 3 is 2.90 bits per heavy atom. The van der Waals surface area contributed by atoms with E-state index < -0.39 is 5.82 Å². The Morgan fingerprint density at radius 1 is 1.47 bits per heavy atom. The molecule has 0 aliphatic carbocycles. The van der Waals surface area contributed by atoms with Gasteiger partial charge in [-0.3, -0.25) is 4.79 Å². The number of benzene rings is 1. The third-order valence-electron chi connectivity index (χ3n) is 5.25. The molecule has 30 heavy (non-hydrogen) atoms. The summed E-state index contributed by atoms with van der Waals surface area (Å²) >= 11 is 0. The lowest BCUT2D eigenvalue weighted by Crippen LogP contribution is -2.43. The molecule has 2 heterocycles. The number of ether oxygens (including phenoxy) is 1. The van der Waals surface area contributed by atoms with Crippen molar-refractivity contribution in [1.29, 1.82) is 5.41 Å². The number of amidine groups is 1. The van der Waals surface area contributed by atoms with E-state index in [1.54, 1.807) is 4.90 Å². The van der Waals surface area contributed by atoms with Crippen molar-refractivity contribution in [1.82, 2.24) is 10.2 Å². The molecule has 0 radical (unpaired) electrons. The standard InChI is InChI=1S/C21H27FN6O2/c1-13(29)28-6-4-20(26-16-5-7-30-12-16)18(11-28)21(25)27-15-2-3-19(22)17(8-15)14(9-23)10-24/h2-3,8-10,16,23,26H,4-7,11-12,24H2,1H3,(H2,25,27)/b14-10+,23-9?. The molecule has 0 spiro atoms. The molecule has 8 nitrogen and oxygen atoms in total. The number of nitrogens with two attached hydrogens (primary N) is 2. The highest BCUT2D eigenvalue weighted by molar-refractivity contribution is 6.08. The zero-order chi connectivity index (χ0) is 21.7. The van der Waals surface area contributed by atoms with Crippen LogP contribution in [0, 0.1) is 11.2 Å². The van der Waals surface area contributed by atoms with Crippen LogP contribution in [0.2, 0.25) is 0 Å². The molecule has 1 aromatic carbocycles. The number of carbonyl (C=O) groups is 1. The summed E-state index contributed by atoms with van der Waals surface area (Å²) < 4.78 is 19.6. The van der Waals surface area contributed by atoms with Crippen molar-refractivity contribution in [3.8, 4) is 0 Å². The molecule has 1 fully saturated rings. The van der Waals surface area contributed by atoms with E-state index in [2.05, 4.69) is 10.3 Å². The summed E-state index contributed by atoms with van der Waals surface area (Å²) in [6.07, 6.45) is 3.70. The van der Waals surface area contributed by atoms with Gasteiger partial charge in [-0.1, -0.05) is 0 Å². The van der Waals surface area contributed by atoms with E-state index in [-0.39, 0.29) is 28.9 Å². The molecular weight excluding hydrogens is 387 g/mol. The van der Waals surface area contributed by atoms with Crippen LogP contribution in [0.15, 0.2) is 40.7 Å². The van der Waals surface area contributed by atoms with Gasteiger partial charge in [-0.25, -0.2) is 9.38 Å². The van der Waals surface area contributed by atoms with E-state index in [1.165, 1.54) is 31.3 Å². The number of allylic oxidation sites excluding steroid dienone is 1. The normalized spacial score (nSPS) is 20.5. The van der Waals surface area contributed by atoms with E-state index >= 15 is 0 Å².